The van der Waals surface area contributed by atoms with Crippen LogP contribution in [0.5, 0.6) is 0 Å². The minimum absolute atomic E-state index is 0.184. The molecule has 1 saturated carbocycles. The number of halogens is 1. The molecule has 4 aromatic rings. The number of nitrogens with one attached hydrogen (secondary N) is 1. The number of rotatable bonds is 6. The van der Waals surface area contributed by atoms with Gasteiger partial charge in [-0.05, 0) is 102 Å². The van der Waals surface area contributed by atoms with Gasteiger partial charge in [0.1, 0.15) is 12.1 Å². The molecule has 5 nitrogen and oxygen atoms in total. The van der Waals surface area contributed by atoms with Crippen LogP contribution in [-0.2, 0) is 11.2 Å². The highest BCUT2D eigenvalue weighted by molar-refractivity contribution is 7.08. The first-order valence-electron chi connectivity index (χ1n) is 12.0. The van der Waals surface area contributed by atoms with Crippen molar-refractivity contribution in [1.82, 2.24) is 15.5 Å². The molecule has 2 aromatic heterocycles. The van der Waals surface area contributed by atoms with Crippen LogP contribution in [0.1, 0.15) is 47.6 Å². The molecular weight excluding hydrogens is 461 g/mol. The van der Waals surface area contributed by atoms with Crippen molar-refractivity contribution < 1.29 is 13.7 Å². The van der Waals surface area contributed by atoms with E-state index in [-0.39, 0.29) is 17.6 Å². The van der Waals surface area contributed by atoms with E-state index in [1.54, 1.807) is 23.5 Å². The van der Waals surface area contributed by atoms with Gasteiger partial charge in [-0.2, -0.15) is 16.3 Å². The first-order chi connectivity index (χ1) is 17.0. The van der Waals surface area contributed by atoms with Crippen LogP contribution in [0.25, 0.3) is 34.0 Å². The molecule has 0 radical (unpaired) electrons. The van der Waals surface area contributed by atoms with Crippen LogP contribution < -0.4 is 5.32 Å². The number of benzene rings is 2. The Morgan fingerprint density at radius 2 is 1.94 bits per heavy atom. The highest BCUT2D eigenvalue weighted by atomic mass is 32.1. The Morgan fingerprint density at radius 1 is 1.09 bits per heavy atom. The lowest BCUT2D eigenvalue weighted by Gasteiger charge is -2.35. The van der Waals surface area contributed by atoms with Gasteiger partial charge in [-0.15, -0.1) is 0 Å². The summed E-state index contributed by atoms with van der Waals surface area (Å²) >= 11 is 1.61. The van der Waals surface area contributed by atoms with Crippen molar-refractivity contribution in [2.24, 2.45) is 5.92 Å². The highest BCUT2D eigenvalue weighted by Crippen LogP contribution is 2.38. The number of aromatic nitrogens is 2. The number of fused-ring (bicyclic) bond motifs is 1. The van der Waals surface area contributed by atoms with Gasteiger partial charge in [0.25, 0.3) is 5.89 Å². The number of carbonyl (C=O) groups excluding carboxylic acids is 1. The van der Waals surface area contributed by atoms with Gasteiger partial charge in [-0.3, -0.25) is 0 Å². The summed E-state index contributed by atoms with van der Waals surface area (Å²) < 4.78 is 20.6. The lowest BCUT2D eigenvalue weighted by molar-refractivity contribution is -0.113. The summed E-state index contributed by atoms with van der Waals surface area (Å²) in [6.07, 6.45) is 4.95. The fourth-order valence-electron chi connectivity index (χ4n) is 5.35. The van der Waals surface area contributed by atoms with E-state index in [1.807, 2.05) is 25.3 Å². The molecule has 35 heavy (non-hydrogen) atoms. The number of nitrogens with zero attached hydrogens (tertiary/aromatic N) is 2. The Hall–Kier alpha value is -3.16. The maximum absolute atomic E-state index is 15.1. The first kappa shape index (κ1) is 22.3. The zero-order chi connectivity index (χ0) is 24.1. The summed E-state index contributed by atoms with van der Waals surface area (Å²) in [5.41, 5.74) is 7.79. The average Bonchev–Trinajstić information content (AvgIpc) is 3.57. The second-order valence-corrected chi connectivity index (χ2v) is 10.5. The van der Waals surface area contributed by atoms with Gasteiger partial charge in [0.05, 0.1) is 5.56 Å². The fourth-order valence-corrected chi connectivity index (χ4v) is 6.19. The van der Waals surface area contributed by atoms with Crippen molar-refractivity contribution in [1.29, 1.82) is 0 Å². The van der Waals surface area contributed by atoms with E-state index in [0.29, 0.717) is 23.5 Å². The highest BCUT2D eigenvalue weighted by Gasteiger charge is 2.32. The molecule has 1 atom stereocenters. The Morgan fingerprint density at radius 3 is 2.71 bits per heavy atom. The topological polar surface area (TPSA) is 68.0 Å². The second-order valence-electron chi connectivity index (χ2n) is 9.77. The van der Waals surface area contributed by atoms with Crippen LogP contribution in [0.4, 0.5) is 4.39 Å². The Bertz CT molecular complexity index is 1420. The van der Waals surface area contributed by atoms with Crippen molar-refractivity contribution in [2.75, 3.05) is 0 Å². The summed E-state index contributed by atoms with van der Waals surface area (Å²) in [7, 11) is 0. The van der Waals surface area contributed by atoms with E-state index >= 15 is 4.39 Å². The quantitative estimate of drug-likeness (QED) is 0.317. The lowest BCUT2D eigenvalue weighted by Crippen LogP contribution is -2.43. The summed E-state index contributed by atoms with van der Waals surface area (Å²) in [6, 6.07) is 10.3. The van der Waals surface area contributed by atoms with E-state index in [1.165, 1.54) is 11.1 Å². The largest absolute Gasteiger partial charge is 0.334 e. The van der Waals surface area contributed by atoms with Crippen molar-refractivity contribution in [2.45, 2.75) is 51.6 Å². The summed E-state index contributed by atoms with van der Waals surface area (Å²) in [5.74, 6) is 0.487. The van der Waals surface area contributed by atoms with Crippen LogP contribution >= 0.6 is 11.3 Å². The Balaban J connectivity index is 1.23. The predicted octanol–water partition coefficient (Wildman–Crippen LogP) is 6.44. The average molecular weight is 488 g/mol. The SMILES string of the molecule is Cc1cscc1-c1cc(F)c(-c2nc(-c3ccc4c(c3)CCC4N[C@H]3C[C@H](C=O)C3)no2)cc1C. The molecule has 1 N–H and O–H groups in total. The van der Waals surface area contributed by atoms with Gasteiger partial charge >= 0.3 is 0 Å². The Labute approximate surface area is 207 Å². The second kappa shape index (κ2) is 8.81. The van der Waals surface area contributed by atoms with Gasteiger partial charge < -0.3 is 14.6 Å². The van der Waals surface area contributed by atoms with Crippen molar-refractivity contribution in [3.05, 3.63) is 69.2 Å². The van der Waals surface area contributed by atoms with Gasteiger partial charge in [0, 0.05) is 23.6 Å². The molecule has 2 heterocycles. The van der Waals surface area contributed by atoms with Crippen LogP contribution in [0.2, 0.25) is 0 Å². The number of aldehydes is 1. The van der Waals surface area contributed by atoms with Crippen molar-refractivity contribution >= 4 is 17.6 Å². The standard InChI is InChI=1S/C28H26FN3O2S/c1-15-7-23(25(29)11-22(15)24-14-35-13-16(24)2)28-31-27(32-34-28)19-3-5-21-18(10-19)4-6-26(21)30-20-8-17(9-20)12-33/h3,5,7,10-14,17,20,26,30H,4,6,8-9H2,1-2H3/t17-,20-,26?. The first-order valence-corrected chi connectivity index (χ1v) is 13.0. The molecule has 178 valence electrons. The molecule has 0 spiro atoms. The van der Waals surface area contributed by atoms with E-state index in [2.05, 4.69) is 33.0 Å². The number of thiophene rings is 1. The predicted molar refractivity (Wildman–Crippen MR) is 135 cm³/mol. The lowest BCUT2D eigenvalue weighted by atomic mass is 9.81. The monoisotopic (exact) mass is 487 g/mol. The molecular formula is C28H26FN3O2S. The molecule has 1 unspecified atom stereocenters. The van der Waals surface area contributed by atoms with E-state index in [9.17, 15) is 4.79 Å². The molecule has 0 saturated heterocycles. The molecule has 6 rings (SSSR count). The maximum Gasteiger partial charge on any atom is 0.261 e. The summed E-state index contributed by atoms with van der Waals surface area (Å²) in [4.78, 5) is 15.4. The minimum atomic E-state index is -0.373. The summed E-state index contributed by atoms with van der Waals surface area (Å²) in [5, 5.41) is 12.0. The van der Waals surface area contributed by atoms with E-state index in [4.69, 9.17) is 4.52 Å². The van der Waals surface area contributed by atoms with Crippen LogP contribution in [-0.4, -0.2) is 22.5 Å². The van der Waals surface area contributed by atoms with Gasteiger partial charge in [-0.25, -0.2) is 4.39 Å². The molecule has 1 fully saturated rings. The van der Waals surface area contributed by atoms with Crippen LogP contribution in [0.3, 0.4) is 0 Å². The molecule has 0 bridgehead atoms. The number of aryl methyl sites for hydroxylation is 3. The third kappa shape index (κ3) is 4.02. The van der Waals surface area contributed by atoms with E-state index < -0.39 is 0 Å². The van der Waals surface area contributed by atoms with Gasteiger partial charge in [0.2, 0.25) is 5.82 Å². The van der Waals surface area contributed by atoms with Crippen molar-refractivity contribution in [3.8, 4) is 34.0 Å². The number of carbonyl (C=O) groups is 1. The van der Waals surface area contributed by atoms with Crippen LogP contribution in [0.15, 0.2) is 45.6 Å². The molecule has 2 aliphatic carbocycles. The third-order valence-corrected chi connectivity index (χ3v) is 8.26. The molecule has 7 heteroatoms. The van der Waals surface area contributed by atoms with Crippen LogP contribution in [0, 0.1) is 25.6 Å². The normalized spacial score (nSPS) is 21.1. The molecule has 0 amide bonds. The number of hydrogen-bond donors (Lipinski definition) is 1. The van der Waals surface area contributed by atoms with Crippen molar-refractivity contribution in [3.63, 3.8) is 0 Å². The summed E-state index contributed by atoms with van der Waals surface area (Å²) in [6.45, 7) is 4.01. The molecule has 0 aliphatic heterocycles. The molecule has 2 aliphatic rings. The fraction of sp³-hybridized carbons (Fsp3) is 0.321. The van der Waals surface area contributed by atoms with E-state index in [0.717, 1.165) is 59.8 Å². The zero-order valence-corrected chi connectivity index (χ0v) is 20.5. The maximum atomic E-state index is 15.1. The van der Waals surface area contributed by atoms with Gasteiger partial charge in [-0.1, -0.05) is 17.3 Å². The molecule has 2 aromatic carbocycles. The Kier molecular flexibility index (Phi) is 5.61. The number of hydrogen-bond acceptors (Lipinski definition) is 6. The minimum Gasteiger partial charge on any atom is -0.334 e. The van der Waals surface area contributed by atoms with Gasteiger partial charge in [0.15, 0.2) is 0 Å². The third-order valence-electron chi connectivity index (χ3n) is 7.40. The smallest absolute Gasteiger partial charge is 0.261 e. The zero-order valence-electron chi connectivity index (χ0n) is 19.7.